The Hall–Kier alpha value is -2.45. The topological polar surface area (TPSA) is 60.7 Å². The van der Waals surface area contributed by atoms with E-state index in [9.17, 15) is 14.0 Å². The number of benzene rings is 2. The summed E-state index contributed by atoms with van der Waals surface area (Å²) in [4.78, 5) is 29.6. The van der Waals surface area contributed by atoms with E-state index in [-0.39, 0.29) is 24.1 Å². The lowest BCUT2D eigenvalue weighted by Crippen LogP contribution is -2.19. The van der Waals surface area contributed by atoms with Gasteiger partial charge in [-0.2, -0.15) is 4.99 Å². The van der Waals surface area contributed by atoms with Crippen LogP contribution in [0, 0.1) is 5.82 Å². The van der Waals surface area contributed by atoms with Crippen LogP contribution in [-0.2, 0) is 20.9 Å². The standard InChI is InChI=1S/C20H19FN2O3S2/c1-26-19(25)9-11-23-16-8-7-14(21)13-17(16)28-20(23)22-18(24)10-12-27-15-5-3-2-4-6-15/h2-8,13H,9-12H2,1H3. The molecular weight excluding hydrogens is 399 g/mol. The summed E-state index contributed by atoms with van der Waals surface area (Å²) in [5.74, 6) is -0.340. The number of methoxy groups -OCH3 is 1. The van der Waals surface area contributed by atoms with Crippen molar-refractivity contribution in [2.75, 3.05) is 12.9 Å². The van der Waals surface area contributed by atoms with E-state index in [4.69, 9.17) is 0 Å². The summed E-state index contributed by atoms with van der Waals surface area (Å²) >= 11 is 2.82. The van der Waals surface area contributed by atoms with Crippen LogP contribution in [0.25, 0.3) is 10.2 Å². The number of aromatic nitrogens is 1. The van der Waals surface area contributed by atoms with E-state index in [1.807, 2.05) is 30.3 Å². The largest absolute Gasteiger partial charge is 0.469 e. The molecule has 3 rings (SSSR count). The van der Waals surface area contributed by atoms with Crippen molar-refractivity contribution < 1.29 is 18.7 Å². The lowest BCUT2D eigenvalue weighted by Gasteiger charge is -2.04. The predicted octanol–water partition coefficient (Wildman–Crippen LogP) is 4.01. The van der Waals surface area contributed by atoms with Crippen molar-refractivity contribution in [3.63, 3.8) is 0 Å². The van der Waals surface area contributed by atoms with E-state index >= 15 is 0 Å². The third-order valence-corrected chi connectivity index (χ3v) is 6.02. The van der Waals surface area contributed by atoms with Crippen LogP contribution in [0.1, 0.15) is 12.8 Å². The summed E-state index contributed by atoms with van der Waals surface area (Å²) < 4.78 is 20.7. The Balaban J connectivity index is 1.79. The zero-order valence-corrected chi connectivity index (χ0v) is 16.9. The Labute approximate surface area is 169 Å². The Kier molecular flexibility index (Phi) is 7.00. The van der Waals surface area contributed by atoms with Crippen LogP contribution in [0.5, 0.6) is 0 Å². The summed E-state index contributed by atoms with van der Waals surface area (Å²) in [6, 6.07) is 14.2. The number of hydrogen-bond acceptors (Lipinski definition) is 5. The van der Waals surface area contributed by atoms with Gasteiger partial charge < -0.3 is 9.30 Å². The van der Waals surface area contributed by atoms with Crippen molar-refractivity contribution in [1.29, 1.82) is 0 Å². The van der Waals surface area contributed by atoms with Gasteiger partial charge in [-0.15, -0.1) is 11.8 Å². The Morgan fingerprint density at radius 1 is 1.18 bits per heavy atom. The van der Waals surface area contributed by atoms with Gasteiger partial charge in [0.25, 0.3) is 0 Å². The van der Waals surface area contributed by atoms with Crippen LogP contribution in [0.4, 0.5) is 4.39 Å². The molecule has 5 nitrogen and oxygen atoms in total. The molecule has 0 spiro atoms. The van der Waals surface area contributed by atoms with Gasteiger partial charge in [-0.25, -0.2) is 4.39 Å². The molecule has 0 saturated heterocycles. The number of carbonyl (C=O) groups excluding carboxylic acids is 2. The van der Waals surface area contributed by atoms with Crippen LogP contribution in [0.3, 0.4) is 0 Å². The molecule has 0 fully saturated rings. The van der Waals surface area contributed by atoms with Gasteiger partial charge in [0.05, 0.1) is 23.7 Å². The number of esters is 1. The molecule has 28 heavy (non-hydrogen) atoms. The van der Waals surface area contributed by atoms with E-state index in [0.717, 1.165) is 10.4 Å². The van der Waals surface area contributed by atoms with Crippen molar-refractivity contribution in [2.45, 2.75) is 24.3 Å². The molecule has 0 atom stereocenters. The normalized spacial score (nSPS) is 11.7. The number of rotatable bonds is 7. The molecule has 1 heterocycles. The Bertz CT molecular complexity index is 1040. The molecule has 8 heteroatoms. The fraction of sp³-hybridized carbons (Fsp3) is 0.250. The average molecular weight is 419 g/mol. The number of amides is 1. The third kappa shape index (κ3) is 5.30. The van der Waals surface area contributed by atoms with Gasteiger partial charge in [-0.05, 0) is 30.3 Å². The zero-order chi connectivity index (χ0) is 19.9. The quantitative estimate of drug-likeness (QED) is 0.430. The minimum absolute atomic E-state index is 0.144. The first-order valence-electron chi connectivity index (χ1n) is 8.68. The second-order valence-electron chi connectivity index (χ2n) is 5.89. The molecule has 0 aliphatic carbocycles. The fourth-order valence-corrected chi connectivity index (χ4v) is 4.55. The van der Waals surface area contributed by atoms with E-state index in [1.165, 1.54) is 30.6 Å². The number of thioether (sulfide) groups is 1. The van der Waals surface area contributed by atoms with Crippen LogP contribution < -0.4 is 4.80 Å². The lowest BCUT2D eigenvalue weighted by atomic mass is 10.3. The van der Waals surface area contributed by atoms with Crippen LogP contribution in [-0.4, -0.2) is 29.3 Å². The second kappa shape index (κ2) is 9.66. The van der Waals surface area contributed by atoms with Crippen LogP contribution in [0.15, 0.2) is 58.4 Å². The Morgan fingerprint density at radius 2 is 1.96 bits per heavy atom. The highest BCUT2D eigenvalue weighted by molar-refractivity contribution is 7.99. The molecule has 0 N–H and O–H groups in total. The molecule has 0 unspecified atom stereocenters. The highest BCUT2D eigenvalue weighted by Crippen LogP contribution is 2.20. The first kappa shape index (κ1) is 20.3. The second-order valence-corrected chi connectivity index (χ2v) is 8.07. The SMILES string of the molecule is COC(=O)CCn1c(=NC(=O)CCSc2ccccc2)sc2cc(F)ccc21. The average Bonchev–Trinajstić information content (AvgIpc) is 3.02. The first-order chi connectivity index (χ1) is 13.6. The number of ether oxygens (including phenoxy) is 1. The molecule has 0 aliphatic heterocycles. The van der Waals surface area contributed by atoms with E-state index in [0.29, 0.717) is 28.2 Å². The number of nitrogens with zero attached hydrogens (tertiary/aromatic N) is 2. The van der Waals surface area contributed by atoms with Crippen molar-refractivity contribution >= 4 is 45.2 Å². The third-order valence-electron chi connectivity index (χ3n) is 3.96. The smallest absolute Gasteiger partial charge is 0.307 e. The first-order valence-corrected chi connectivity index (χ1v) is 10.5. The minimum atomic E-state index is -0.356. The van der Waals surface area contributed by atoms with Crippen molar-refractivity contribution in [2.24, 2.45) is 4.99 Å². The molecule has 1 amide bonds. The number of hydrogen-bond donors (Lipinski definition) is 0. The van der Waals surface area contributed by atoms with Gasteiger partial charge in [0.2, 0.25) is 5.91 Å². The fourth-order valence-electron chi connectivity index (χ4n) is 2.59. The summed E-state index contributed by atoms with van der Waals surface area (Å²) in [6.07, 6.45) is 0.435. The van der Waals surface area contributed by atoms with E-state index in [2.05, 4.69) is 9.73 Å². The molecule has 3 aromatic rings. The maximum Gasteiger partial charge on any atom is 0.307 e. The zero-order valence-electron chi connectivity index (χ0n) is 15.3. The van der Waals surface area contributed by atoms with E-state index < -0.39 is 0 Å². The highest BCUT2D eigenvalue weighted by Gasteiger charge is 2.11. The number of halogens is 1. The molecule has 0 aliphatic rings. The van der Waals surface area contributed by atoms with Crippen molar-refractivity contribution in [3.05, 3.63) is 59.1 Å². The van der Waals surface area contributed by atoms with Crippen LogP contribution >= 0.6 is 23.1 Å². The Morgan fingerprint density at radius 3 is 2.71 bits per heavy atom. The number of fused-ring (bicyclic) bond motifs is 1. The molecule has 0 radical (unpaired) electrons. The van der Waals surface area contributed by atoms with Gasteiger partial charge in [-0.3, -0.25) is 9.59 Å². The van der Waals surface area contributed by atoms with Gasteiger partial charge in [-0.1, -0.05) is 29.5 Å². The lowest BCUT2D eigenvalue weighted by molar-refractivity contribution is -0.140. The van der Waals surface area contributed by atoms with Gasteiger partial charge in [0.15, 0.2) is 4.80 Å². The number of aryl methyl sites for hydroxylation is 1. The van der Waals surface area contributed by atoms with Gasteiger partial charge in [0, 0.05) is 23.6 Å². The van der Waals surface area contributed by atoms with Gasteiger partial charge in [0.1, 0.15) is 5.82 Å². The predicted molar refractivity (Wildman–Crippen MR) is 109 cm³/mol. The van der Waals surface area contributed by atoms with Gasteiger partial charge >= 0.3 is 5.97 Å². The van der Waals surface area contributed by atoms with Crippen molar-refractivity contribution in [3.8, 4) is 0 Å². The minimum Gasteiger partial charge on any atom is -0.469 e. The summed E-state index contributed by atoms with van der Waals surface area (Å²) in [7, 11) is 1.33. The summed E-state index contributed by atoms with van der Waals surface area (Å²) in [5.41, 5.74) is 0.737. The summed E-state index contributed by atoms with van der Waals surface area (Å²) in [6.45, 7) is 0.309. The maximum atomic E-state index is 13.6. The van der Waals surface area contributed by atoms with Crippen LogP contribution in [0.2, 0.25) is 0 Å². The number of carbonyl (C=O) groups is 2. The monoisotopic (exact) mass is 418 g/mol. The molecule has 0 saturated carbocycles. The highest BCUT2D eigenvalue weighted by atomic mass is 32.2. The molecular formula is C20H19FN2O3S2. The maximum absolute atomic E-state index is 13.6. The molecule has 1 aromatic heterocycles. The molecule has 0 bridgehead atoms. The number of thiazole rings is 1. The molecule has 2 aromatic carbocycles. The summed E-state index contributed by atoms with van der Waals surface area (Å²) in [5, 5.41) is 0. The van der Waals surface area contributed by atoms with Crippen molar-refractivity contribution in [1.82, 2.24) is 4.57 Å². The molecule has 146 valence electrons. The van der Waals surface area contributed by atoms with E-state index in [1.54, 1.807) is 22.4 Å².